The average Bonchev–Trinajstić information content (AvgIpc) is 2.85. The van der Waals surface area contributed by atoms with Crippen molar-refractivity contribution in [3.05, 3.63) is 83.6 Å². The molecule has 2 heterocycles. The Morgan fingerprint density at radius 2 is 2.09 bits per heavy atom. The summed E-state index contributed by atoms with van der Waals surface area (Å²) in [7, 11) is 1.80. The molecule has 184 valence electrons. The van der Waals surface area contributed by atoms with Gasteiger partial charge in [0.05, 0.1) is 10.7 Å². The second-order valence-corrected chi connectivity index (χ2v) is 8.97. The predicted molar refractivity (Wildman–Crippen MR) is 143 cm³/mol. The Hall–Kier alpha value is -3.38. The van der Waals surface area contributed by atoms with E-state index in [0.29, 0.717) is 17.3 Å². The second-order valence-electron chi connectivity index (χ2n) is 8.56. The van der Waals surface area contributed by atoms with Crippen molar-refractivity contribution in [2.75, 3.05) is 11.9 Å². The van der Waals surface area contributed by atoms with Crippen LogP contribution in [-0.2, 0) is 17.9 Å². The summed E-state index contributed by atoms with van der Waals surface area (Å²) in [5, 5.41) is 1.45. The van der Waals surface area contributed by atoms with Crippen molar-refractivity contribution in [2.45, 2.75) is 47.3 Å². The largest absolute Gasteiger partial charge is 0.487 e. The first-order valence-electron chi connectivity index (χ1n) is 11.7. The molecule has 2 aromatic heterocycles. The molecule has 0 saturated heterocycles. The molecular weight excluding hydrogens is 460 g/mol. The molecule has 0 aliphatic carbocycles. The van der Waals surface area contributed by atoms with Crippen LogP contribution in [0.15, 0.2) is 61.7 Å². The van der Waals surface area contributed by atoms with Crippen LogP contribution in [0, 0.1) is 12.8 Å². The van der Waals surface area contributed by atoms with Gasteiger partial charge in [-0.2, -0.15) is 0 Å². The van der Waals surface area contributed by atoms with Crippen LogP contribution in [-0.4, -0.2) is 27.8 Å². The van der Waals surface area contributed by atoms with Crippen molar-refractivity contribution in [3.63, 3.8) is 0 Å². The van der Waals surface area contributed by atoms with Crippen molar-refractivity contribution in [2.24, 2.45) is 5.92 Å². The van der Waals surface area contributed by atoms with Gasteiger partial charge < -0.3 is 14.5 Å². The van der Waals surface area contributed by atoms with Gasteiger partial charge in [0.15, 0.2) is 0 Å². The number of carbonyl (C=O) groups is 1. The Kier molecular flexibility index (Phi) is 8.88. The SMILES string of the molecule is C=CN(/C=C\C)c1cc(C)nc2c(OCc3c(Cl)cncc3CN(C)C(=O)[C@@H](C)CC)cccc12. The van der Waals surface area contributed by atoms with Gasteiger partial charge in [0.2, 0.25) is 5.91 Å². The highest BCUT2D eigenvalue weighted by molar-refractivity contribution is 6.31. The maximum atomic E-state index is 12.6. The summed E-state index contributed by atoms with van der Waals surface area (Å²) in [5.41, 5.74) is 4.26. The van der Waals surface area contributed by atoms with Crippen LogP contribution < -0.4 is 9.64 Å². The van der Waals surface area contributed by atoms with E-state index in [2.05, 4.69) is 11.6 Å². The van der Waals surface area contributed by atoms with Gasteiger partial charge in [-0.3, -0.25) is 9.78 Å². The molecule has 0 unspecified atom stereocenters. The summed E-state index contributed by atoms with van der Waals surface area (Å²) in [4.78, 5) is 25.3. The third kappa shape index (κ3) is 6.01. The summed E-state index contributed by atoms with van der Waals surface area (Å²) in [6, 6.07) is 7.89. The summed E-state index contributed by atoms with van der Waals surface area (Å²) < 4.78 is 6.28. The number of fused-ring (bicyclic) bond motifs is 1. The van der Waals surface area contributed by atoms with Gasteiger partial charge in [-0.1, -0.05) is 50.2 Å². The fraction of sp³-hybridized carbons (Fsp3) is 0.321. The summed E-state index contributed by atoms with van der Waals surface area (Å²) in [6.07, 6.45) is 9.81. The van der Waals surface area contributed by atoms with Gasteiger partial charge in [-0.15, -0.1) is 0 Å². The number of amides is 1. The predicted octanol–water partition coefficient (Wildman–Crippen LogP) is 6.66. The maximum absolute atomic E-state index is 12.6. The highest BCUT2D eigenvalue weighted by atomic mass is 35.5. The number of halogens is 1. The van der Waals surface area contributed by atoms with E-state index >= 15 is 0 Å². The lowest BCUT2D eigenvalue weighted by Gasteiger charge is -2.22. The number of ether oxygens (including phenoxy) is 1. The number of hydrogen-bond acceptors (Lipinski definition) is 5. The summed E-state index contributed by atoms with van der Waals surface area (Å²) in [6.45, 7) is 12.4. The van der Waals surface area contributed by atoms with Crippen LogP contribution in [0.3, 0.4) is 0 Å². The molecule has 0 aliphatic rings. The lowest BCUT2D eigenvalue weighted by Crippen LogP contribution is -2.31. The van der Waals surface area contributed by atoms with Gasteiger partial charge >= 0.3 is 0 Å². The number of para-hydroxylation sites is 1. The number of carbonyl (C=O) groups excluding carboxylic acids is 1. The van der Waals surface area contributed by atoms with Crippen LogP contribution in [0.4, 0.5) is 5.69 Å². The first-order chi connectivity index (χ1) is 16.8. The molecule has 35 heavy (non-hydrogen) atoms. The quantitative estimate of drug-likeness (QED) is 0.316. The molecular formula is C28H33ClN4O2. The minimum absolute atomic E-state index is 0.0382. The van der Waals surface area contributed by atoms with Crippen molar-refractivity contribution in [3.8, 4) is 5.75 Å². The zero-order chi connectivity index (χ0) is 25.5. The minimum atomic E-state index is -0.0382. The van der Waals surface area contributed by atoms with E-state index in [9.17, 15) is 4.79 Å². The minimum Gasteiger partial charge on any atom is -0.487 e. The standard InChI is InChI=1S/C28H33ClN4O2/c1-7-13-33(9-3)25-14-20(5)31-27-22(25)11-10-12-26(27)35-18-23-21(15-30-16-24(23)29)17-32(6)28(34)19(4)8-2/h7,9-16,19H,3,8,17-18H2,1-2,4-6H3/b13-7-/t19-/m0/s1. The van der Waals surface area contributed by atoms with Crippen molar-refractivity contribution in [1.82, 2.24) is 14.9 Å². The molecule has 3 rings (SSSR count). The van der Waals surface area contributed by atoms with Gasteiger partial charge in [0, 0.05) is 60.9 Å². The second kappa shape index (κ2) is 11.8. The lowest BCUT2D eigenvalue weighted by molar-refractivity contribution is -0.134. The molecule has 0 spiro atoms. The zero-order valence-electron chi connectivity index (χ0n) is 21.1. The van der Waals surface area contributed by atoms with E-state index in [1.807, 2.05) is 69.1 Å². The van der Waals surface area contributed by atoms with Gasteiger partial charge in [0.1, 0.15) is 17.9 Å². The molecule has 1 atom stereocenters. The molecule has 0 bridgehead atoms. The highest BCUT2D eigenvalue weighted by Crippen LogP contribution is 2.33. The van der Waals surface area contributed by atoms with Gasteiger partial charge in [0.25, 0.3) is 0 Å². The average molecular weight is 493 g/mol. The monoisotopic (exact) mass is 492 g/mol. The van der Waals surface area contributed by atoms with E-state index in [-0.39, 0.29) is 18.4 Å². The van der Waals surface area contributed by atoms with E-state index in [0.717, 1.165) is 39.8 Å². The zero-order valence-corrected chi connectivity index (χ0v) is 21.8. The molecule has 0 radical (unpaired) electrons. The highest BCUT2D eigenvalue weighted by Gasteiger charge is 2.19. The summed E-state index contributed by atoms with van der Waals surface area (Å²) in [5.74, 6) is 0.706. The van der Waals surface area contributed by atoms with Crippen LogP contribution in [0.25, 0.3) is 10.9 Å². The van der Waals surface area contributed by atoms with Crippen molar-refractivity contribution < 1.29 is 9.53 Å². The first kappa shape index (κ1) is 26.2. The fourth-order valence-electron chi connectivity index (χ4n) is 3.89. The first-order valence-corrected chi connectivity index (χ1v) is 12.1. The van der Waals surface area contributed by atoms with Gasteiger partial charge in [-0.25, -0.2) is 4.98 Å². The Morgan fingerprint density at radius 3 is 2.77 bits per heavy atom. The molecule has 0 saturated carbocycles. The summed E-state index contributed by atoms with van der Waals surface area (Å²) >= 11 is 6.53. The Bertz CT molecular complexity index is 1240. The number of pyridine rings is 2. The maximum Gasteiger partial charge on any atom is 0.225 e. The van der Waals surface area contributed by atoms with E-state index in [4.69, 9.17) is 21.3 Å². The molecule has 7 heteroatoms. The molecule has 1 aromatic carbocycles. The Balaban J connectivity index is 1.94. The van der Waals surface area contributed by atoms with Crippen LogP contribution in [0.5, 0.6) is 5.75 Å². The van der Waals surface area contributed by atoms with Crippen molar-refractivity contribution >= 4 is 34.1 Å². The molecule has 6 nitrogen and oxygen atoms in total. The molecule has 0 N–H and O–H groups in total. The molecule has 0 aliphatic heterocycles. The third-order valence-corrected chi connectivity index (χ3v) is 6.30. The van der Waals surface area contributed by atoms with Crippen molar-refractivity contribution in [1.29, 1.82) is 0 Å². The number of benzene rings is 1. The van der Waals surface area contributed by atoms with E-state index < -0.39 is 0 Å². The lowest BCUT2D eigenvalue weighted by atomic mass is 10.1. The van der Waals surface area contributed by atoms with Crippen LogP contribution >= 0.6 is 11.6 Å². The topological polar surface area (TPSA) is 58.6 Å². The molecule has 3 aromatic rings. The number of hydrogen-bond donors (Lipinski definition) is 0. The smallest absolute Gasteiger partial charge is 0.225 e. The molecule has 0 fully saturated rings. The van der Waals surface area contributed by atoms with Gasteiger partial charge in [-0.05, 0) is 38.0 Å². The fourth-order valence-corrected chi connectivity index (χ4v) is 4.13. The Morgan fingerprint density at radius 1 is 1.31 bits per heavy atom. The number of rotatable bonds is 10. The number of aromatic nitrogens is 2. The Labute approximate surface area is 212 Å². The molecule has 1 amide bonds. The normalized spacial score (nSPS) is 12.1. The number of nitrogens with zero attached hydrogens (tertiary/aromatic N) is 4. The number of allylic oxidation sites excluding steroid dienone is 1. The third-order valence-electron chi connectivity index (χ3n) is 5.98. The number of aryl methyl sites for hydroxylation is 1. The van der Waals surface area contributed by atoms with E-state index in [1.54, 1.807) is 30.5 Å². The van der Waals surface area contributed by atoms with E-state index in [1.165, 1.54) is 0 Å². The van der Waals surface area contributed by atoms with Crippen LogP contribution in [0.1, 0.15) is 44.0 Å². The van der Waals surface area contributed by atoms with Crippen LogP contribution in [0.2, 0.25) is 5.02 Å². The number of anilines is 1.